The van der Waals surface area contributed by atoms with Crippen LogP contribution >= 0.6 is 11.3 Å². The Kier molecular flexibility index (Phi) is 5.98. The molecule has 0 fully saturated rings. The number of benzene rings is 7. The van der Waals surface area contributed by atoms with Gasteiger partial charge in [-0.05, 0) is 45.8 Å². The lowest BCUT2D eigenvalue weighted by molar-refractivity contribution is 0.620. The van der Waals surface area contributed by atoms with Crippen molar-refractivity contribution < 1.29 is 4.42 Å². The number of aromatic nitrogens is 4. The van der Waals surface area contributed by atoms with Crippen LogP contribution in [0.4, 0.5) is 0 Å². The second-order valence-electron chi connectivity index (χ2n) is 11.8. The van der Waals surface area contributed by atoms with Crippen LogP contribution in [0.5, 0.6) is 0 Å². The van der Waals surface area contributed by atoms with Gasteiger partial charge < -0.3 is 4.42 Å². The first-order valence-corrected chi connectivity index (χ1v) is 16.6. The van der Waals surface area contributed by atoms with Gasteiger partial charge in [0.2, 0.25) is 5.89 Å². The summed E-state index contributed by atoms with van der Waals surface area (Å²) in [4.78, 5) is 20.6. The Bertz CT molecular complexity index is 2840. The van der Waals surface area contributed by atoms with Gasteiger partial charge >= 0.3 is 0 Å². The molecule has 10 aromatic rings. The molecular weight excluding hydrogens is 609 g/mol. The fourth-order valence-corrected chi connectivity index (χ4v) is 7.81. The van der Waals surface area contributed by atoms with Gasteiger partial charge in [-0.3, -0.25) is 0 Å². The summed E-state index contributed by atoms with van der Waals surface area (Å²) in [5, 5.41) is 6.92. The fraction of sp³-hybridized carbons (Fsp3) is 0. The molecule has 0 saturated heterocycles. The van der Waals surface area contributed by atoms with Crippen LogP contribution in [0.1, 0.15) is 0 Å². The van der Waals surface area contributed by atoms with E-state index < -0.39 is 0 Å². The normalized spacial score (nSPS) is 11.8. The molecule has 0 unspecified atom stereocenters. The van der Waals surface area contributed by atoms with Crippen molar-refractivity contribution in [2.75, 3.05) is 0 Å². The summed E-state index contributed by atoms with van der Waals surface area (Å²) in [5.74, 6) is 2.33. The zero-order chi connectivity index (χ0) is 31.6. The minimum atomic E-state index is 0.559. The fourth-order valence-electron chi connectivity index (χ4n) is 6.67. The predicted octanol–water partition coefficient (Wildman–Crippen LogP) is 11.4. The molecule has 224 valence electrons. The van der Waals surface area contributed by atoms with Crippen molar-refractivity contribution in [3.63, 3.8) is 0 Å². The van der Waals surface area contributed by atoms with E-state index in [0.29, 0.717) is 28.9 Å². The molecule has 6 heteroatoms. The van der Waals surface area contributed by atoms with Gasteiger partial charge in [-0.25, -0.2) is 19.9 Å². The lowest BCUT2D eigenvalue weighted by atomic mass is 9.99. The molecule has 5 nitrogen and oxygen atoms in total. The number of thiophene rings is 1. The van der Waals surface area contributed by atoms with Gasteiger partial charge in [0.25, 0.3) is 0 Å². The summed E-state index contributed by atoms with van der Waals surface area (Å²) in [5.41, 5.74) is 5.02. The Morgan fingerprint density at radius 2 is 1.06 bits per heavy atom. The molecule has 0 aliphatic heterocycles. The van der Waals surface area contributed by atoms with Crippen molar-refractivity contribution in [3.8, 4) is 45.6 Å². The van der Waals surface area contributed by atoms with E-state index in [2.05, 4.69) is 84.9 Å². The average molecular weight is 633 g/mol. The summed E-state index contributed by atoms with van der Waals surface area (Å²) in [6, 6.07) is 50.0. The summed E-state index contributed by atoms with van der Waals surface area (Å²) in [6.07, 6.45) is 0. The Hall–Kier alpha value is -6.24. The largest absolute Gasteiger partial charge is 0.436 e. The molecule has 10 rings (SSSR count). The smallest absolute Gasteiger partial charge is 0.227 e. The third-order valence-electron chi connectivity index (χ3n) is 8.94. The first-order valence-electron chi connectivity index (χ1n) is 15.8. The monoisotopic (exact) mass is 632 g/mol. The van der Waals surface area contributed by atoms with Crippen molar-refractivity contribution in [1.82, 2.24) is 19.9 Å². The van der Waals surface area contributed by atoms with E-state index >= 15 is 0 Å². The molecule has 3 aromatic heterocycles. The minimum Gasteiger partial charge on any atom is -0.436 e. The highest BCUT2D eigenvalue weighted by molar-refractivity contribution is 7.26. The molecule has 0 spiro atoms. The van der Waals surface area contributed by atoms with Gasteiger partial charge in [0, 0.05) is 42.9 Å². The molecule has 7 aromatic carbocycles. The number of rotatable bonds is 4. The molecular formula is C42H24N4OS. The lowest BCUT2D eigenvalue weighted by Gasteiger charge is -2.11. The number of fused-ring (bicyclic) bond motifs is 7. The molecule has 0 atom stereocenters. The Balaban J connectivity index is 1.29. The first-order chi connectivity index (χ1) is 23.8. The van der Waals surface area contributed by atoms with Crippen molar-refractivity contribution in [2.45, 2.75) is 0 Å². The van der Waals surface area contributed by atoms with Crippen LogP contribution in [0.2, 0.25) is 0 Å². The third-order valence-corrected chi connectivity index (χ3v) is 10.1. The molecule has 48 heavy (non-hydrogen) atoms. The first kappa shape index (κ1) is 26.9. The van der Waals surface area contributed by atoms with E-state index in [1.54, 1.807) is 11.3 Å². The Morgan fingerprint density at radius 3 is 1.88 bits per heavy atom. The number of nitrogens with zero attached hydrogens (tertiary/aromatic N) is 4. The molecule has 0 saturated carbocycles. The van der Waals surface area contributed by atoms with Gasteiger partial charge in [0.1, 0.15) is 5.52 Å². The van der Waals surface area contributed by atoms with E-state index in [1.807, 2.05) is 60.7 Å². The van der Waals surface area contributed by atoms with Gasteiger partial charge in [0.15, 0.2) is 23.1 Å². The summed E-state index contributed by atoms with van der Waals surface area (Å²) in [7, 11) is 0. The Morgan fingerprint density at radius 1 is 0.438 bits per heavy atom. The van der Waals surface area contributed by atoms with E-state index in [9.17, 15) is 0 Å². The van der Waals surface area contributed by atoms with Gasteiger partial charge in [0.05, 0.1) is 5.56 Å². The van der Waals surface area contributed by atoms with Crippen LogP contribution in [0.15, 0.2) is 150 Å². The highest BCUT2D eigenvalue weighted by Crippen LogP contribution is 2.44. The van der Waals surface area contributed by atoms with Crippen molar-refractivity contribution in [3.05, 3.63) is 146 Å². The number of oxazole rings is 1. The van der Waals surface area contributed by atoms with Crippen LogP contribution in [-0.4, -0.2) is 19.9 Å². The van der Waals surface area contributed by atoms with E-state index in [1.165, 1.54) is 20.9 Å². The molecule has 0 aliphatic carbocycles. The SMILES string of the molecule is c1ccc(-c2nc(-c3ccc4ccc5ccccc5c4c3)nc(-c3c4nc(-c5ccccc5)oc4cc4sc5ccccc5c34)n2)cc1. The van der Waals surface area contributed by atoms with Gasteiger partial charge in [-0.2, -0.15) is 0 Å². The maximum Gasteiger partial charge on any atom is 0.227 e. The zero-order valence-corrected chi connectivity index (χ0v) is 26.3. The van der Waals surface area contributed by atoms with Crippen molar-refractivity contribution in [2.24, 2.45) is 0 Å². The quantitative estimate of drug-likeness (QED) is 0.181. The third kappa shape index (κ3) is 4.31. The standard InChI is InChI=1S/C42H24N4OS/c1-3-12-27(13-4-1)39-44-40(29-22-21-26-20-19-25-11-7-8-16-30(25)32(26)23-29)46-41(45-39)37-36-31-17-9-10-18-34(31)48-35(36)24-33-38(37)43-42(47-33)28-14-5-2-6-15-28/h1-24H. The average Bonchev–Trinajstić information content (AvgIpc) is 3.75. The maximum absolute atomic E-state index is 6.46. The second kappa shape index (κ2) is 10.7. The van der Waals surface area contributed by atoms with Crippen LogP contribution in [0.25, 0.3) is 98.4 Å². The van der Waals surface area contributed by atoms with Gasteiger partial charge in [-0.1, -0.05) is 115 Å². The second-order valence-corrected chi connectivity index (χ2v) is 12.9. The molecule has 0 N–H and O–H groups in total. The number of hydrogen-bond donors (Lipinski definition) is 0. The highest BCUT2D eigenvalue weighted by Gasteiger charge is 2.23. The Labute approximate surface area is 278 Å². The minimum absolute atomic E-state index is 0.559. The van der Waals surface area contributed by atoms with E-state index in [-0.39, 0.29) is 0 Å². The summed E-state index contributed by atoms with van der Waals surface area (Å²) >= 11 is 1.74. The van der Waals surface area contributed by atoms with Crippen molar-refractivity contribution >= 4 is 64.2 Å². The molecule has 0 aliphatic rings. The van der Waals surface area contributed by atoms with Crippen LogP contribution in [0, 0.1) is 0 Å². The van der Waals surface area contributed by atoms with E-state index in [4.69, 9.17) is 24.4 Å². The van der Waals surface area contributed by atoms with Crippen LogP contribution in [-0.2, 0) is 0 Å². The molecule has 0 radical (unpaired) electrons. The number of hydrogen-bond acceptors (Lipinski definition) is 6. The molecule has 3 heterocycles. The van der Waals surface area contributed by atoms with Crippen molar-refractivity contribution in [1.29, 1.82) is 0 Å². The summed E-state index contributed by atoms with van der Waals surface area (Å²) < 4.78 is 8.74. The highest BCUT2D eigenvalue weighted by atomic mass is 32.1. The zero-order valence-electron chi connectivity index (χ0n) is 25.5. The predicted molar refractivity (Wildman–Crippen MR) is 197 cm³/mol. The van der Waals surface area contributed by atoms with E-state index in [0.717, 1.165) is 48.6 Å². The lowest BCUT2D eigenvalue weighted by Crippen LogP contribution is -2.01. The van der Waals surface area contributed by atoms with Crippen LogP contribution < -0.4 is 0 Å². The van der Waals surface area contributed by atoms with Gasteiger partial charge in [-0.15, -0.1) is 11.3 Å². The molecule has 0 bridgehead atoms. The maximum atomic E-state index is 6.46. The summed E-state index contributed by atoms with van der Waals surface area (Å²) in [6.45, 7) is 0. The molecule has 0 amide bonds. The van der Waals surface area contributed by atoms with Crippen LogP contribution in [0.3, 0.4) is 0 Å². The topological polar surface area (TPSA) is 64.7 Å².